The van der Waals surface area contributed by atoms with E-state index in [1.165, 1.54) is 24.3 Å². The smallest absolute Gasteiger partial charge is 0.302 e. The van der Waals surface area contributed by atoms with Crippen LogP contribution in [0.4, 0.5) is 0 Å². The van der Waals surface area contributed by atoms with Crippen molar-refractivity contribution in [2.45, 2.75) is 37.4 Å². The molecule has 0 bridgehead atoms. The number of fused-ring (bicyclic) bond motifs is 1. The minimum Gasteiger partial charge on any atom is -0.508 e. The second-order valence-electron chi connectivity index (χ2n) is 7.92. The standard InChI is InChI=1S/C23H22O11/c1-9(24)32-8-16-19(29)20(30)21(31)23(34-16)18-13(27)6-12(26)17-14(28)7-15(33-22(17)18)10-2-4-11(25)5-3-10/h2-7,16,19-21,23,25-27,29-31H,8H2,1H3/t16-,19-,20+,21-,23-/m0/s1. The lowest BCUT2D eigenvalue weighted by atomic mass is 9.89. The van der Waals surface area contributed by atoms with Gasteiger partial charge in [0.15, 0.2) is 11.0 Å². The molecule has 6 N–H and O–H groups in total. The summed E-state index contributed by atoms with van der Waals surface area (Å²) in [6.07, 6.45) is -8.02. The number of carbonyl (C=O) groups is 1. The monoisotopic (exact) mass is 474 g/mol. The Morgan fingerprint density at radius 3 is 2.29 bits per heavy atom. The Morgan fingerprint density at radius 1 is 0.971 bits per heavy atom. The van der Waals surface area contributed by atoms with Crippen molar-refractivity contribution in [3.05, 3.63) is 52.2 Å². The van der Waals surface area contributed by atoms with E-state index in [0.717, 1.165) is 19.1 Å². The van der Waals surface area contributed by atoms with E-state index >= 15 is 0 Å². The van der Waals surface area contributed by atoms with Crippen molar-refractivity contribution in [1.82, 2.24) is 0 Å². The molecule has 1 fully saturated rings. The average Bonchev–Trinajstić information content (AvgIpc) is 2.78. The third kappa shape index (κ3) is 4.17. The molecule has 2 heterocycles. The van der Waals surface area contributed by atoms with E-state index in [9.17, 15) is 40.2 Å². The Bertz CT molecular complexity index is 1280. The van der Waals surface area contributed by atoms with Crippen LogP contribution >= 0.6 is 0 Å². The highest BCUT2D eigenvalue weighted by Crippen LogP contribution is 2.43. The third-order valence-corrected chi connectivity index (χ3v) is 5.60. The number of esters is 1. The maximum absolute atomic E-state index is 12.8. The minimum absolute atomic E-state index is 0.0195. The molecule has 0 saturated carbocycles. The van der Waals surface area contributed by atoms with Crippen molar-refractivity contribution < 1.29 is 49.3 Å². The van der Waals surface area contributed by atoms with Crippen LogP contribution in [0.25, 0.3) is 22.3 Å². The number of carbonyl (C=O) groups excluding carboxylic acids is 1. The zero-order valence-corrected chi connectivity index (χ0v) is 17.8. The van der Waals surface area contributed by atoms with Gasteiger partial charge in [0.05, 0.1) is 5.56 Å². The molecule has 1 saturated heterocycles. The first kappa shape index (κ1) is 23.5. The predicted octanol–water partition coefficient (Wildman–Crippen LogP) is 0.662. The zero-order chi connectivity index (χ0) is 24.7. The number of hydrogen-bond donors (Lipinski definition) is 6. The van der Waals surface area contributed by atoms with Crippen molar-refractivity contribution in [3.63, 3.8) is 0 Å². The highest BCUT2D eigenvalue weighted by molar-refractivity contribution is 5.89. The maximum Gasteiger partial charge on any atom is 0.302 e. The van der Waals surface area contributed by atoms with E-state index in [1.807, 2.05) is 0 Å². The van der Waals surface area contributed by atoms with Crippen LogP contribution in [0, 0.1) is 0 Å². The fourth-order valence-electron chi connectivity index (χ4n) is 3.89. The van der Waals surface area contributed by atoms with Crippen molar-refractivity contribution in [2.24, 2.45) is 0 Å². The van der Waals surface area contributed by atoms with Gasteiger partial charge >= 0.3 is 5.97 Å². The van der Waals surface area contributed by atoms with Gasteiger partial charge in [0.2, 0.25) is 0 Å². The van der Waals surface area contributed by atoms with Gasteiger partial charge in [-0.25, -0.2) is 0 Å². The summed E-state index contributed by atoms with van der Waals surface area (Å²) < 4.78 is 16.4. The Kier molecular flexibility index (Phi) is 6.19. The molecule has 0 spiro atoms. The topological polar surface area (TPSA) is 187 Å². The van der Waals surface area contributed by atoms with Gasteiger partial charge < -0.3 is 44.5 Å². The van der Waals surface area contributed by atoms with E-state index in [-0.39, 0.29) is 28.0 Å². The zero-order valence-electron chi connectivity index (χ0n) is 17.8. The van der Waals surface area contributed by atoms with Gasteiger partial charge in [-0.2, -0.15) is 0 Å². The van der Waals surface area contributed by atoms with Crippen molar-refractivity contribution in [2.75, 3.05) is 6.61 Å². The lowest BCUT2D eigenvalue weighted by molar-refractivity contribution is -0.234. The Hall–Kier alpha value is -3.64. The van der Waals surface area contributed by atoms with Crippen LogP contribution in [0.15, 0.2) is 45.6 Å². The van der Waals surface area contributed by atoms with E-state index in [4.69, 9.17) is 13.9 Å². The van der Waals surface area contributed by atoms with Crippen LogP contribution in [-0.4, -0.2) is 67.6 Å². The molecule has 4 rings (SSSR count). The van der Waals surface area contributed by atoms with Gasteiger partial charge in [-0.1, -0.05) is 0 Å². The average molecular weight is 474 g/mol. The Balaban J connectivity index is 1.89. The van der Waals surface area contributed by atoms with Crippen molar-refractivity contribution in [3.8, 4) is 28.6 Å². The molecular formula is C23H22O11. The summed E-state index contributed by atoms with van der Waals surface area (Å²) in [5.41, 5.74) is -0.881. The molecule has 0 amide bonds. The SMILES string of the molecule is CC(=O)OC[C@@H]1O[C@@H](c2c(O)cc(O)c3c(=O)cc(-c4ccc(O)cc4)oc23)[C@@H](O)[C@H](O)[C@H]1O. The van der Waals surface area contributed by atoms with Gasteiger partial charge in [-0.15, -0.1) is 0 Å². The lowest BCUT2D eigenvalue weighted by Gasteiger charge is -2.40. The van der Waals surface area contributed by atoms with Gasteiger partial charge in [-0.3, -0.25) is 9.59 Å². The molecule has 2 aromatic carbocycles. The maximum atomic E-state index is 12.8. The highest BCUT2D eigenvalue weighted by Gasteiger charge is 2.46. The fraction of sp³-hybridized carbons (Fsp3) is 0.304. The number of aliphatic hydroxyl groups excluding tert-OH is 3. The van der Waals surface area contributed by atoms with Gasteiger partial charge in [0.1, 0.15) is 65.5 Å². The number of hydrogen-bond acceptors (Lipinski definition) is 11. The predicted molar refractivity (Wildman–Crippen MR) is 115 cm³/mol. The van der Waals surface area contributed by atoms with Gasteiger partial charge in [-0.05, 0) is 24.3 Å². The number of benzene rings is 2. The highest BCUT2D eigenvalue weighted by atomic mass is 16.6. The molecule has 11 nitrogen and oxygen atoms in total. The lowest BCUT2D eigenvalue weighted by Crippen LogP contribution is -2.55. The molecular weight excluding hydrogens is 452 g/mol. The molecule has 1 aliphatic rings. The van der Waals surface area contributed by atoms with Crippen LogP contribution in [0.5, 0.6) is 17.2 Å². The van der Waals surface area contributed by atoms with E-state index in [2.05, 4.69) is 0 Å². The van der Waals surface area contributed by atoms with Gasteiger partial charge in [0.25, 0.3) is 0 Å². The molecule has 0 unspecified atom stereocenters. The summed E-state index contributed by atoms with van der Waals surface area (Å²) in [5, 5.41) is 61.4. The molecule has 5 atom stereocenters. The first-order valence-corrected chi connectivity index (χ1v) is 10.2. The fourth-order valence-corrected chi connectivity index (χ4v) is 3.89. The van der Waals surface area contributed by atoms with Crippen LogP contribution in [-0.2, 0) is 14.3 Å². The largest absolute Gasteiger partial charge is 0.508 e. The van der Waals surface area contributed by atoms with E-state index < -0.39 is 60.0 Å². The molecule has 1 aliphatic heterocycles. The summed E-state index contributed by atoms with van der Waals surface area (Å²) in [6.45, 7) is 0.674. The van der Waals surface area contributed by atoms with Crippen LogP contribution in [0.3, 0.4) is 0 Å². The number of aliphatic hydroxyl groups is 3. The summed E-state index contributed by atoms with van der Waals surface area (Å²) in [7, 11) is 0. The van der Waals surface area contributed by atoms with Crippen molar-refractivity contribution in [1.29, 1.82) is 0 Å². The minimum atomic E-state index is -1.79. The first-order chi connectivity index (χ1) is 16.1. The second kappa shape index (κ2) is 8.95. The second-order valence-corrected chi connectivity index (χ2v) is 7.92. The number of phenols is 3. The summed E-state index contributed by atoms with van der Waals surface area (Å²) in [5.74, 6) is -1.88. The molecule has 0 aliphatic carbocycles. The number of ether oxygens (including phenoxy) is 2. The normalized spacial score (nSPS) is 24.8. The van der Waals surface area contributed by atoms with Crippen LogP contribution in [0.2, 0.25) is 0 Å². The summed E-state index contributed by atoms with van der Waals surface area (Å²) >= 11 is 0. The van der Waals surface area contributed by atoms with Crippen LogP contribution < -0.4 is 5.43 Å². The summed E-state index contributed by atoms with van der Waals surface area (Å²) in [4.78, 5) is 24.0. The Morgan fingerprint density at radius 2 is 1.65 bits per heavy atom. The van der Waals surface area contributed by atoms with E-state index in [0.29, 0.717) is 5.56 Å². The van der Waals surface area contributed by atoms with Crippen LogP contribution in [0.1, 0.15) is 18.6 Å². The van der Waals surface area contributed by atoms with Crippen molar-refractivity contribution >= 4 is 16.9 Å². The number of rotatable bonds is 4. The van der Waals surface area contributed by atoms with E-state index in [1.54, 1.807) is 0 Å². The molecule has 1 aromatic heterocycles. The molecule has 180 valence electrons. The molecule has 11 heteroatoms. The number of aromatic hydroxyl groups is 3. The quantitative estimate of drug-likeness (QED) is 0.292. The molecule has 34 heavy (non-hydrogen) atoms. The van der Waals surface area contributed by atoms with Gasteiger partial charge in [0, 0.05) is 24.6 Å². The first-order valence-electron chi connectivity index (χ1n) is 10.2. The molecule has 3 aromatic rings. The third-order valence-electron chi connectivity index (χ3n) is 5.60. The molecule has 0 radical (unpaired) electrons. The number of phenolic OH excluding ortho intramolecular Hbond substituents is 3. The summed E-state index contributed by atoms with van der Waals surface area (Å²) in [6, 6.07) is 7.66. The Labute approximate surface area is 191 Å².